The molecule has 0 spiro atoms. The second-order valence-electron chi connectivity index (χ2n) is 9.81. The Labute approximate surface area is 270 Å². The van der Waals surface area contributed by atoms with Gasteiger partial charge in [0.25, 0.3) is 0 Å². The summed E-state index contributed by atoms with van der Waals surface area (Å²) in [5, 5.41) is 0.803. The van der Waals surface area contributed by atoms with Gasteiger partial charge in [-0.15, -0.1) is 0 Å². The Kier molecular flexibility index (Phi) is 3.84. The molecule has 204 valence electrons. The zero-order chi connectivity index (χ0) is 40.2. The molecule has 0 bridgehead atoms. The Morgan fingerprint density at radius 1 is 0.605 bits per heavy atom. The summed E-state index contributed by atoms with van der Waals surface area (Å²) in [7, 11) is 0. The summed E-state index contributed by atoms with van der Waals surface area (Å²) in [6, 6.07) is 15.1. The molecule has 0 radical (unpaired) electrons. The van der Waals surface area contributed by atoms with Gasteiger partial charge < -0.3 is 4.42 Å². The van der Waals surface area contributed by atoms with Crippen LogP contribution in [0.3, 0.4) is 0 Å². The molecule has 0 aliphatic heterocycles. The van der Waals surface area contributed by atoms with Gasteiger partial charge in [0.05, 0.1) is 17.8 Å². The zero-order valence-electron chi connectivity index (χ0n) is 35.7. The summed E-state index contributed by atoms with van der Waals surface area (Å²) in [4.78, 5) is 0. The smallest absolute Gasteiger partial charge is 0.136 e. The third-order valence-electron chi connectivity index (χ3n) is 7.61. The van der Waals surface area contributed by atoms with Crippen molar-refractivity contribution in [3.63, 3.8) is 0 Å². The molecule has 43 heavy (non-hydrogen) atoms. The van der Waals surface area contributed by atoms with E-state index in [2.05, 4.69) is 0 Å². The minimum absolute atomic E-state index is 0.0309. The van der Waals surface area contributed by atoms with Crippen molar-refractivity contribution in [1.82, 2.24) is 0 Å². The molecular weight excluding hydrogens is 520 g/mol. The van der Waals surface area contributed by atoms with E-state index in [4.69, 9.17) is 15.4 Å². The van der Waals surface area contributed by atoms with Crippen LogP contribution in [0.15, 0.2) is 140 Å². The van der Waals surface area contributed by atoms with E-state index in [0.717, 1.165) is 25.2 Å². The summed E-state index contributed by atoms with van der Waals surface area (Å²) >= 11 is 0. The number of benzene rings is 6. The molecule has 0 fully saturated rings. The van der Waals surface area contributed by atoms with Gasteiger partial charge in [0.2, 0.25) is 0 Å². The highest BCUT2D eigenvalue weighted by Crippen LogP contribution is 2.48. The van der Waals surface area contributed by atoms with Crippen molar-refractivity contribution in [2.45, 2.75) is 0 Å². The van der Waals surface area contributed by atoms with Gasteiger partial charge in [0.15, 0.2) is 0 Å². The minimum Gasteiger partial charge on any atom is -0.456 e. The molecular formula is C42H30O. The third-order valence-corrected chi connectivity index (χ3v) is 7.61. The van der Waals surface area contributed by atoms with E-state index >= 15 is 0 Å². The predicted molar refractivity (Wildman–Crippen MR) is 188 cm³/mol. The normalized spacial score (nSPS) is 17.0. The lowest BCUT2D eigenvalue weighted by molar-refractivity contribution is 0.669. The fourth-order valence-corrected chi connectivity index (χ4v) is 5.78. The van der Waals surface area contributed by atoms with Crippen LogP contribution in [0.2, 0.25) is 0 Å². The lowest BCUT2D eigenvalue weighted by atomic mass is 9.80. The van der Waals surface area contributed by atoms with Crippen molar-refractivity contribution >= 4 is 57.0 Å². The van der Waals surface area contributed by atoms with Gasteiger partial charge in [-0.2, -0.15) is 0 Å². The van der Waals surface area contributed by atoms with Gasteiger partial charge in [-0.05, 0) is 84.6 Å². The van der Waals surface area contributed by atoms with Gasteiger partial charge in [-0.3, -0.25) is 0 Å². The summed E-state index contributed by atoms with van der Waals surface area (Å²) in [6.45, 7) is 3.13. The number of fused-ring (bicyclic) bond motifs is 4. The number of hydrogen-bond acceptors (Lipinski definition) is 1. The summed E-state index contributed by atoms with van der Waals surface area (Å²) < 4.78 is 121. The molecule has 0 aliphatic carbocycles. The largest absolute Gasteiger partial charge is 0.456 e. The highest BCUT2D eigenvalue weighted by atomic mass is 16.3. The Morgan fingerprint density at radius 2 is 1.33 bits per heavy atom. The number of furan rings is 1. The summed E-state index contributed by atoms with van der Waals surface area (Å²) in [6.07, 6.45) is 2.41. The highest BCUT2D eigenvalue weighted by molar-refractivity contribution is 6.20. The van der Waals surface area contributed by atoms with E-state index in [1.54, 1.807) is 18.2 Å². The lowest BCUT2D eigenvalue weighted by Crippen LogP contribution is -1.98. The van der Waals surface area contributed by atoms with E-state index in [1.807, 2.05) is 48.5 Å². The maximum atomic E-state index is 9.48. The molecule has 0 atom stereocenters. The molecule has 0 unspecified atom stereocenters. The van der Waals surface area contributed by atoms with Crippen molar-refractivity contribution in [3.8, 4) is 33.4 Å². The van der Waals surface area contributed by atoms with Crippen LogP contribution in [0.4, 0.5) is 0 Å². The topological polar surface area (TPSA) is 13.1 Å². The fraction of sp³-hybridized carbons (Fsp3) is 0. The first-order chi connectivity index (χ1) is 26.9. The van der Waals surface area contributed by atoms with Crippen LogP contribution in [0, 0.1) is 0 Å². The van der Waals surface area contributed by atoms with Crippen LogP contribution < -0.4 is 0 Å². The number of para-hydroxylation sites is 1. The fourth-order valence-electron chi connectivity index (χ4n) is 5.78. The van der Waals surface area contributed by atoms with Crippen LogP contribution in [-0.2, 0) is 0 Å². The van der Waals surface area contributed by atoms with Gasteiger partial charge >= 0.3 is 0 Å². The second-order valence-corrected chi connectivity index (χ2v) is 9.81. The predicted octanol–water partition coefficient (Wildman–Crippen LogP) is 12.3. The molecule has 6 aromatic carbocycles. The van der Waals surface area contributed by atoms with E-state index in [9.17, 15) is 6.85 Å². The van der Waals surface area contributed by atoms with Crippen LogP contribution >= 0.6 is 0 Å². The van der Waals surface area contributed by atoms with E-state index in [1.165, 1.54) is 12.2 Å². The Hall–Kier alpha value is -5.66. The van der Waals surface area contributed by atoms with Gasteiger partial charge in [-0.1, -0.05) is 141 Å². The van der Waals surface area contributed by atoms with E-state index < -0.39 is 54.4 Å². The monoisotopic (exact) mass is 563 g/mol. The second kappa shape index (κ2) is 10.6. The third kappa shape index (κ3) is 4.09. The van der Waals surface area contributed by atoms with E-state index in [-0.39, 0.29) is 49.7 Å². The first kappa shape index (κ1) is 15.5. The average molecular weight is 564 g/mol. The van der Waals surface area contributed by atoms with Crippen LogP contribution in [0.5, 0.6) is 0 Å². The first-order valence-electron chi connectivity index (χ1n) is 20.2. The number of rotatable bonds is 7. The Bertz CT molecular complexity index is 2890. The Balaban J connectivity index is 1.89. The van der Waals surface area contributed by atoms with Crippen LogP contribution in [-0.4, -0.2) is 0 Å². The molecule has 0 N–H and O–H groups in total. The van der Waals surface area contributed by atoms with Gasteiger partial charge in [0.1, 0.15) is 11.2 Å². The van der Waals surface area contributed by atoms with Crippen molar-refractivity contribution < 1.29 is 22.2 Å². The van der Waals surface area contributed by atoms with Gasteiger partial charge in [0, 0.05) is 10.8 Å². The molecule has 0 aliphatic rings. The molecule has 0 saturated carbocycles. The summed E-state index contributed by atoms with van der Waals surface area (Å²) in [5.41, 5.74) is 1.76. The maximum absolute atomic E-state index is 9.48. The first-order valence-corrected chi connectivity index (χ1v) is 13.4. The molecule has 1 aromatic heterocycles. The number of hydrogen-bond donors (Lipinski definition) is 0. The Morgan fingerprint density at radius 3 is 2.07 bits per heavy atom. The van der Waals surface area contributed by atoms with Crippen LogP contribution in [0.25, 0.3) is 90.3 Å². The van der Waals surface area contributed by atoms with E-state index in [0.29, 0.717) is 39.6 Å². The maximum Gasteiger partial charge on any atom is 0.136 e. The van der Waals surface area contributed by atoms with Crippen molar-refractivity contribution in [1.29, 1.82) is 0 Å². The summed E-state index contributed by atoms with van der Waals surface area (Å²) in [5.74, 6) is 0. The lowest BCUT2D eigenvalue weighted by Gasteiger charge is -2.22. The molecule has 0 amide bonds. The quantitative estimate of drug-likeness (QED) is 0.188. The SMILES string of the molecule is [2H]C=Cc1c([2H])c([2H])c([2H])c(-c2c(C([2H])=C[2H])c(C([2H])=C[2H])c(-c3cc(-c4ccccc4)cc4oc5ccccc5c34)c3c([2H])c([2H])c([2H])c([2H])c23)c1C=C[2H]. The standard InChI is InChI=1S/C42H30O/c1-5-27-19-16-23-33(30(27)6-2)40-31(7-3)32(8-4)41(35-21-13-12-20-34(35)40)37-25-29(28-17-10-9-11-18-28)26-39-42(37)36-22-14-15-24-38(36)43-39/h5-26H,1-4H2/i1D,2D,3D,4D,7D,8D,12D,13D,16D,19D,20D,21D,23D. The molecule has 0 saturated heterocycles. The average Bonchev–Trinajstić information content (AvgIpc) is 3.60. The van der Waals surface area contributed by atoms with Crippen molar-refractivity contribution in [3.05, 3.63) is 158 Å². The molecule has 7 rings (SSSR count). The van der Waals surface area contributed by atoms with Crippen LogP contribution in [0.1, 0.15) is 40.1 Å². The molecule has 1 nitrogen and oxygen atoms in total. The minimum atomic E-state index is -0.660. The van der Waals surface area contributed by atoms with Crippen molar-refractivity contribution in [2.75, 3.05) is 0 Å². The zero-order valence-corrected chi connectivity index (χ0v) is 22.7. The highest BCUT2D eigenvalue weighted by Gasteiger charge is 2.23. The molecule has 7 aromatic rings. The molecule has 1 heteroatoms. The van der Waals surface area contributed by atoms with Crippen molar-refractivity contribution in [2.24, 2.45) is 0 Å². The molecule has 1 heterocycles. The van der Waals surface area contributed by atoms with Gasteiger partial charge in [-0.25, -0.2) is 0 Å².